The topological polar surface area (TPSA) is 42.5 Å². The lowest BCUT2D eigenvalue weighted by atomic mass is 10.1. The summed E-state index contributed by atoms with van der Waals surface area (Å²) in [5.41, 5.74) is 3.41. The SMILES string of the molecule is CCOc1cc(CNCCCNC)cc(Cl)c1OCc1cccc(C)c1. The highest BCUT2D eigenvalue weighted by Crippen LogP contribution is 2.37. The van der Waals surface area contributed by atoms with Crippen LogP contribution >= 0.6 is 11.6 Å². The molecular formula is C21H29ClN2O2. The molecule has 142 valence electrons. The molecule has 2 N–H and O–H groups in total. The van der Waals surface area contributed by atoms with Gasteiger partial charge in [-0.3, -0.25) is 0 Å². The van der Waals surface area contributed by atoms with Gasteiger partial charge in [-0.05, 0) is 63.7 Å². The second-order valence-corrected chi connectivity index (χ2v) is 6.66. The molecule has 2 aromatic carbocycles. The van der Waals surface area contributed by atoms with Gasteiger partial charge >= 0.3 is 0 Å². The molecule has 0 aliphatic carbocycles. The van der Waals surface area contributed by atoms with Gasteiger partial charge < -0.3 is 20.1 Å². The Labute approximate surface area is 161 Å². The van der Waals surface area contributed by atoms with E-state index in [2.05, 4.69) is 29.7 Å². The highest BCUT2D eigenvalue weighted by atomic mass is 35.5. The summed E-state index contributed by atoms with van der Waals surface area (Å²) in [6.07, 6.45) is 1.08. The summed E-state index contributed by atoms with van der Waals surface area (Å²) in [7, 11) is 1.96. The fourth-order valence-corrected chi connectivity index (χ4v) is 2.99. The number of aryl methyl sites for hydroxylation is 1. The maximum absolute atomic E-state index is 6.49. The normalized spacial score (nSPS) is 10.8. The molecule has 4 nitrogen and oxygen atoms in total. The maximum atomic E-state index is 6.49. The van der Waals surface area contributed by atoms with Crippen LogP contribution in [0.25, 0.3) is 0 Å². The fourth-order valence-electron chi connectivity index (χ4n) is 2.71. The molecule has 0 spiro atoms. The van der Waals surface area contributed by atoms with E-state index in [9.17, 15) is 0 Å². The summed E-state index contributed by atoms with van der Waals surface area (Å²) in [5.74, 6) is 1.30. The third kappa shape index (κ3) is 6.52. The summed E-state index contributed by atoms with van der Waals surface area (Å²) in [6, 6.07) is 12.2. The molecule has 0 saturated carbocycles. The van der Waals surface area contributed by atoms with Crippen molar-refractivity contribution in [3.05, 3.63) is 58.1 Å². The number of halogens is 1. The molecule has 5 heteroatoms. The smallest absolute Gasteiger partial charge is 0.180 e. The molecule has 0 aliphatic rings. The number of benzene rings is 2. The van der Waals surface area contributed by atoms with Gasteiger partial charge in [-0.1, -0.05) is 41.4 Å². The fraction of sp³-hybridized carbons (Fsp3) is 0.429. The van der Waals surface area contributed by atoms with Crippen molar-refractivity contribution in [2.24, 2.45) is 0 Å². The van der Waals surface area contributed by atoms with Crippen molar-refractivity contribution in [2.45, 2.75) is 33.4 Å². The maximum Gasteiger partial charge on any atom is 0.180 e. The Balaban J connectivity index is 2.05. The Morgan fingerprint density at radius 2 is 1.88 bits per heavy atom. The number of hydrogen-bond donors (Lipinski definition) is 2. The minimum absolute atomic E-state index is 0.461. The van der Waals surface area contributed by atoms with Crippen molar-refractivity contribution in [3.8, 4) is 11.5 Å². The van der Waals surface area contributed by atoms with Crippen molar-refractivity contribution in [3.63, 3.8) is 0 Å². The second-order valence-electron chi connectivity index (χ2n) is 6.25. The number of ether oxygens (including phenoxy) is 2. The van der Waals surface area contributed by atoms with Crippen molar-refractivity contribution >= 4 is 11.6 Å². The summed E-state index contributed by atoms with van der Waals surface area (Å²) in [6.45, 7) is 7.76. The predicted octanol–water partition coefficient (Wildman–Crippen LogP) is 4.33. The van der Waals surface area contributed by atoms with Crippen LogP contribution in [0.1, 0.15) is 30.0 Å². The molecule has 0 aromatic heterocycles. The molecule has 0 unspecified atom stereocenters. The van der Waals surface area contributed by atoms with Crippen LogP contribution in [-0.2, 0) is 13.2 Å². The van der Waals surface area contributed by atoms with Gasteiger partial charge in [0.15, 0.2) is 11.5 Å². The van der Waals surface area contributed by atoms with E-state index < -0.39 is 0 Å². The molecule has 0 fully saturated rings. The number of rotatable bonds is 11. The first-order valence-corrected chi connectivity index (χ1v) is 9.50. The van der Waals surface area contributed by atoms with Crippen LogP contribution in [0.3, 0.4) is 0 Å². The van der Waals surface area contributed by atoms with Gasteiger partial charge in [-0.2, -0.15) is 0 Å². The van der Waals surface area contributed by atoms with Crippen LogP contribution in [-0.4, -0.2) is 26.7 Å². The van der Waals surface area contributed by atoms with E-state index in [0.29, 0.717) is 29.7 Å². The van der Waals surface area contributed by atoms with E-state index in [1.807, 2.05) is 38.2 Å². The number of nitrogens with one attached hydrogen (secondary N) is 2. The second kappa shape index (κ2) is 11.1. The number of hydrogen-bond acceptors (Lipinski definition) is 4. The summed E-state index contributed by atoms with van der Waals surface area (Å²) < 4.78 is 11.8. The van der Waals surface area contributed by atoms with Gasteiger partial charge in [0.2, 0.25) is 0 Å². The van der Waals surface area contributed by atoms with Crippen molar-refractivity contribution in [1.29, 1.82) is 0 Å². The molecular weight excluding hydrogens is 348 g/mol. The van der Waals surface area contributed by atoms with E-state index >= 15 is 0 Å². The summed E-state index contributed by atoms with van der Waals surface area (Å²) in [5, 5.41) is 7.14. The molecule has 0 bridgehead atoms. The Kier molecular flexibility index (Phi) is 8.75. The van der Waals surface area contributed by atoms with E-state index in [4.69, 9.17) is 21.1 Å². The molecule has 0 aliphatic heterocycles. The van der Waals surface area contributed by atoms with Gasteiger partial charge in [-0.25, -0.2) is 0 Å². The zero-order valence-corrected chi connectivity index (χ0v) is 16.7. The summed E-state index contributed by atoms with van der Waals surface area (Å²) >= 11 is 6.49. The molecule has 2 aromatic rings. The lowest BCUT2D eigenvalue weighted by Crippen LogP contribution is -2.19. The van der Waals surface area contributed by atoms with Crippen LogP contribution in [0.4, 0.5) is 0 Å². The molecule has 0 saturated heterocycles. The van der Waals surface area contributed by atoms with E-state index in [1.165, 1.54) is 5.56 Å². The highest BCUT2D eigenvalue weighted by molar-refractivity contribution is 6.32. The van der Waals surface area contributed by atoms with E-state index in [0.717, 1.165) is 37.2 Å². The van der Waals surface area contributed by atoms with Gasteiger partial charge in [0.25, 0.3) is 0 Å². The standard InChI is InChI=1S/C21H29ClN2O2/c1-4-25-20-13-18(14-24-10-6-9-23-3)12-19(22)21(20)26-15-17-8-5-7-16(2)11-17/h5,7-8,11-13,23-24H,4,6,9-10,14-15H2,1-3H3. The van der Waals surface area contributed by atoms with Crippen molar-refractivity contribution < 1.29 is 9.47 Å². The predicted molar refractivity (Wildman–Crippen MR) is 108 cm³/mol. The molecule has 2 rings (SSSR count). The molecule has 0 amide bonds. The van der Waals surface area contributed by atoms with Crippen molar-refractivity contribution in [2.75, 3.05) is 26.7 Å². The van der Waals surface area contributed by atoms with Crippen LogP contribution in [0, 0.1) is 6.92 Å². The highest BCUT2D eigenvalue weighted by Gasteiger charge is 2.13. The summed E-state index contributed by atoms with van der Waals surface area (Å²) in [4.78, 5) is 0. The first-order chi connectivity index (χ1) is 12.6. The zero-order valence-electron chi connectivity index (χ0n) is 15.9. The Morgan fingerprint density at radius 1 is 1.04 bits per heavy atom. The Morgan fingerprint density at radius 3 is 2.62 bits per heavy atom. The zero-order chi connectivity index (χ0) is 18.8. The monoisotopic (exact) mass is 376 g/mol. The van der Waals surface area contributed by atoms with Gasteiger partial charge in [0, 0.05) is 6.54 Å². The van der Waals surface area contributed by atoms with Gasteiger partial charge in [0.05, 0.1) is 11.6 Å². The molecule has 0 heterocycles. The van der Waals surface area contributed by atoms with Gasteiger partial charge in [0.1, 0.15) is 6.61 Å². The molecule has 26 heavy (non-hydrogen) atoms. The lowest BCUT2D eigenvalue weighted by Gasteiger charge is -2.16. The largest absolute Gasteiger partial charge is 0.490 e. The Bertz CT molecular complexity index is 692. The molecule has 0 radical (unpaired) electrons. The third-order valence-electron chi connectivity index (χ3n) is 3.94. The minimum Gasteiger partial charge on any atom is -0.490 e. The Hall–Kier alpha value is -1.75. The van der Waals surface area contributed by atoms with E-state index in [1.54, 1.807) is 0 Å². The first kappa shape index (κ1) is 20.6. The van der Waals surface area contributed by atoms with Crippen LogP contribution < -0.4 is 20.1 Å². The van der Waals surface area contributed by atoms with Crippen LogP contribution in [0.15, 0.2) is 36.4 Å². The van der Waals surface area contributed by atoms with Crippen molar-refractivity contribution in [1.82, 2.24) is 10.6 Å². The van der Waals surface area contributed by atoms with Gasteiger partial charge in [-0.15, -0.1) is 0 Å². The molecule has 0 atom stereocenters. The van der Waals surface area contributed by atoms with Crippen LogP contribution in [0.2, 0.25) is 5.02 Å². The first-order valence-electron chi connectivity index (χ1n) is 9.13. The average molecular weight is 377 g/mol. The van der Waals surface area contributed by atoms with Crippen LogP contribution in [0.5, 0.6) is 11.5 Å². The van der Waals surface area contributed by atoms with E-state index in [-0.39, 0.29) is 0 Å². The average Bonchev–Trinajstić information content (AvgIpc) is 2.61. The quantitative estimate of drug-likeness (QED) is 0.573. The lowest BCUT2D eigenvalue weighted by molar-refractivity contribution is 0.269. The minimum atomic E-state index is 0.461. The third-order valence-corrected chi connectivity index (χ3v) is 4.23.